The fourth-order valence-electron chi connectivity index (χ4n) is 2.42. The fourth-order valence-corrected chi connectivity index (χ4v) is 2.42. The normalized spacial score (nSPS) is 21.8. The second kappa shape index (κ2) is 5.40. The molecule has 2 atom stereocenters. The first-order valence-corrected chi connectivity index (χ1v) is 6.52. The summed E-state index contributed by atoms with van der Waals surface area (Å²) in [6, 6.07) is 16.6. The van der Waals surface area contributed by atoms with Crippen LogP contribution in [-0.4, -0.2) is 11.5 Å². The highest BCUT2D eigenvalue weighted by Crippen LogP contribution is 2.27. The second-order valence-corrected chi connectivity index (χ2v) is 4.78. The molecule has 0 saturated carbocycles. The van der Waals surface area contributed by atoms with Gasteiger partial charge in [-0.2, -0.15) is 0 Å². The molecule has 102 valence electrons. The van der Waals surface area contributed by atoms with E-state index in [0.717, 1.165) is 17.7 Å². The molecule has 1 saturated heterocycles. The van der Waals surface area contributed by atoms with E-state index in [1.165, 1.54) is 12.1 Å². The molecule has 2 N–H and O–H groups in total. The number of nitrogens with two attached hydrogens (primary N) is 1. The standard InChI is InChI=1S/C15H14N2O3/c18-17(19)13-8-6-11(7-9-13)14-10-16-15(20-14)12-4-2-1-3-5-12/h1-9,14-16H,10H2/p+1/t14-,15-/m0/s1. The minimum Gasteiger partial charge on any atom is -0.315 e. The van der Waals surface area contributed by atoms with Crippen LogP contribution in [-0.2, 0) is 4.74 Å². The van der Waals surface area contributed by atoms with E-state index < -0.39 is 4.92 Å². The molecule has 1 heterocycles. The van der Waals surface area contributed by atoms with E-state index in [9.17, 15) is 10.1 Å². The van der Waals surface area contributed by atoms with Crippen LogP contribution in [0, 0.1) is 10.1 Å². The predicted molar refractivity (Wildman–Crippen MR) is 72.9 cm³/mol. The first-order chi connectivity index (χ1) is 9.74. The summed E-state index contributed by atoms with van der Waals surface area (Å²) in [6.07, 6.45) is -0.0302. The highest BCUT2D eigenvalue weighted by Gasteiger charge is 2.31. The Bertz CT molecular complexity index is 598. The average molecular weight is 271 g/mol. The molecular formula is C15H15N2O3+. The second-order valence-electron chi connectivity index (χ2n) is 4.78. The zero-order chi connectivity index (χ0) is 13.9. The molecule has 0 aliphatic carbocycles. The van der Waals surface area contributed by atoms with Gasteiger partial charge in [0.2, 0.25) is 6.23 Å². The monoisotopic (exact) mass is 271 g/mol. The van der Waals surface area contributed by atoms with Crippen molar-refractivity contribution in [2.45, 2.75) is 12.3 Å². The quantitative estimate of drug-likeness (QED) is 0.685. The molecule has 2 aromatic rings. The van der Waals surface area contributed by atoms with E-state index in [-0.39, 0.29) is 18.0 Å². The first kappa shape index (κ1) is 12.8. The van der Waals surface area contributed by atoms with Crippen molar-refractivity contribution in [1.82, 2.24) is 0 Å². The van der Waals surface area contributed by atoms with E-state index in [1.54, 1.807) is 12.1 Å². The topological polar surface area (TPSA) is 69.0 Å². The van der Waals surface area contributed by atoms with Gasteiger partial charge in [-0.15, -0.1) is 0 Å². The summed E-state index contributed by atoms with van der Waals surface area (Å²) in [5.74, 6) is 0. The third-order valence-corrected chi connectivity index (χ3v) is 3.48. The molecule has 0 radical (unpaired) electrons. The van der Waals surface area contributed by atoms with Crippen molar-refractivity contribution in [3.05, 3.63) is 75.8 Å². The van der Waals surface area contributed by atoms with Crippen LogP contribution in [0.25, 0.3) is 0 Å². The van der Waals surface area contributed by atoms with Gasteiger partial charge >= 0.3 is 0 Å². The minimum atomic E-state index is -0.391. The Labute approximate surface area is 116 Å². The lowest BCUT2D eigenvalue weighted by molar-refractivity contribution is -0.698. The largest absolute Gasteiger partial charge is 0.315 e. The van der Waals surface area contributed by atoms with Gasteiger partial charge in [0, 0.05) is 17.7 Å². The van der Waals surface area contributed by atoms with E-state index in [4.69, 9.17) is 4.74 Å². The summed E-state index contributed by atoms with van der Waals surface area (Å²) in [6.45, 7) is 0.817. The minimum absolute atomic E-state index is 0.00334. The third kappa shape index (κ3) is 2.54. The molecule has 0 unspecified atom stereocenters. The van der Waals surface area contributed by atoms with Crippen LogP contribution in [0.2, 0.25) is 0 Å². The van der Waals surface area contributed by atoms with Crippen molar-refractivity contribution in [2.75, 3.05) is 6.54 Å². The Kier molecular flexibility index (Phi) is 3.45. The van der Waals surface area contributed by atoms with E-state index in [0.29, 0.717) is 0 Å². The molecule has 2 aromatic carbocycles. The molecule has 5 nitrogen and oxygen atoms in total. The van der Waals surface area contributed by atoms with Crippen LogP contribution in [0.5, 0.6) is 0 Å². The summed E-state index contributed by atoms with van der Waals surface area (Å²) in [4.78, 5) is 10.2. The number of benzene rings is 2. The first-order valence-electron chi connectivity index (χ1n) is 6.52. The number of ether oxygens (including phenoxy) is 1. The molecule has 20 heavy (non-hydrogen) atoms. The van der Waals surface area contributed by atoms with Gasteiger partial charge in [-0.1, -0.05) is 30.3 Å². The molecule has 0 amide bonds. The highest BCUT2D eigenvalue weighted by molar-refractivity contribution is 5.34. The lowest BCUT2D eigenvalue weighted by Gasteiger charge is -2.09. The SMILES string of the molecule is O=[N+]([O-])c1ccc([C@@H]2C[NH2+][C@H](c3ccccc3)O2)cc1. The molecular weight excluding hydrogens is 256 g/mol. The van der Waals surface area contributed by atoms with Crippen LogP contribution >= 0.6 is 0 Å². The Balaban J connectivity index is 1.72. The van der Waals surface area contributed by atoms with Gasteiger partial charge in [-0.3, -0.25) is 10.1 Å². The van der Waals surface area contributed by atoms with Crippen LogP contribution < -0.4 is 5.32 Å². The van der Waals surface area contributed by atoms with E-state index >= 15 is 0 Å². The summed E-state index contributed by atoms with van der Waals surface area (Å²) >= 11 is 0. The summed E-state index contributed by atoms with van der Waals surface area (Å²) in [7, 11) is 0. The van der Waals surface area contributed by atoms with Gasteiger partial charge in [0.25, 0.3) is 5.69 Å². The average Bonchev–Trinajstić information content (AvgIpc) is 2.98. The van der Waals surface area contributed by atoms with E-state index in [2.05, 4.69) is 5.32 Å². The van der Waals surface area contributed by atoms with Gasteiger partial charge in [0.05, 0.1) is 4.92 Å². The number of hydrogen-bond acceptors (Lipinski definition) is 3. The number of hydrogen-bond donors (Lipinski definition) is 1. The Morgan fingerprint density at radius 3 is 2.40 bits per heavy atom. The van der Waals surface area contributed by atoms with Gasteiger partial charge in [-0.05, 0) is 17.7 Å². The van der Waals surface area contributed by atoms with Gasteiger partial charge in [0.15, 0.2) is 0 Å². The molecule has 0 spiro atoms. The summed E-state index contributed by atoms with van der Waals surface area (Å²) in [5, 5.41) is 12.8. The molecule has 3 rings (SSSR count). The van der Waals surface area contributed by atoms with Crippen molar-refractivity contribution in [3.8, 4) is 0 Å². The predicted octanol–water partition coefficient (Wildman–Crippen LogP) is 1.93. The number of rotatable bonds is 3. The number of quaternary nitrogens is 1. The number of nitro benzene ring substituents is 1. The maximum absolute atomic E-state index is 10.6. The zero-order valence-electron chi connectivity index (χ0n) is 10.8. The van der Waals surface area contributed by atoms with Crippen LogP contribution in [0.1, 0.15) is 23.5 Å². The van der Waals surface area contributed by atoms with Crippen LogP contribution in [0.15, 0.2) is 54.6 Å². The molecule has 0 aromatic heterocycles. The maximum Gasteiger partial charge on any atom is 0.269 e. The molecule has 1 aliphatic heterocycles. The third-order valence-electron chi connectivity index (χ3n) is 3.48. The number of nitrogens with zero attached hydrogens (tertiary/aromatic N) is 1. The van der Waals surface area contributed by atoms with Crippen molar-refractivity contribution in [3.63, 3.8) is 0 Å². The van der Waals surface area contributed by atoms with Crippen LogP contribution in [0.3, 0.4) is 0 Å². The summed E-state index contributed by atoms with van der Waals surface area (Å²) < 4.78 is 6.01. The Morgan fingerprint density at radius 2 is 1.75 bits per heavy atom. The van der Waals surface area contributed by atoms with Gasteiger partial charge < -0.3 is 10.1 Å². The zero-order valence-corrected chi connectivity index (χ0v) is 10.8. The van der Waals surface area contributed by atoms with Crippen molar-refractivity contribution < 1.29 is 15.0 Å². The van der Waals surface area contributed by atoms with Crippen LogP contribution in [0.4, 0.5) is 5.69 Å². The van der Waals surface area contributed by atoms with Crippen molar-refractivity contribution >= 4 is 5.69 Å². The van der Waals surface area contributed by atoms with Gasteiger partial charge in [-0.25, -0.2) is 0 Å². The smallest absolute Gasteiger partial charge is 0.269 e. The maximum atomic E-state index is 10.6. The van der Waals surface area contributed by atoms with Gasteiger partial charge in [0.1, 0.15) is 12.6 Å². The van der Waals surface area contributed by atoms with E-state index in [1.807, 2.05) is 30.3 Å². The van der Waals surface area contributed by atoms with Crippen molar-refractivity contribution in [2.24, 2.45) is 0 Å². The van der Waals surface area contributed by atoms with Crippen molar-refractivity contribution in [1.29, 1.82) is 0 Å². The molecule has 0 bridgehead atoms. The lowest BCUT2D eigenvalue weighted by Crippen LogP contribution is -2.82. The Morgan fingerprint density at radius 1 is 1.05 bits per heavy atom. The lowest BCUT2D eigenvalue weighted by atomic mass is 10.1. The number of non-ortho nitro benzene ring substituents is 1. The summed E-state index contributed by atoms with van der Waals surface area (Å²) in [5.41, 5.74) is 2.22. The molecule has 5 heteroatoms. The molecule has 1 aliphatic rings. The fraction of sp³-hybridized carbons (Fsp3) is 0.200. The number of nitro groups is 1. The highest BCUT2D eigenvalue weighted by atomic mass is 16.6. The molecule has 1 fully saturated rings. The Hall–Kier alpha value is -2.24.